The van der Waals surface area contributed by atoms with Gasteiger partial charge in [0.1, 0.15) is 5.82 Å². The van der Waals surface area contributed by atoms with E-state index in [1.54, 1.807) is 31.6 Å². The maximum absolute atomic E-state index is 5.15. The molecule has 0 aliphatic rings. The van der Waals surface area contributed by atoms with Gasteiger partial charge in [-0.25, -0.2) is 5.06 Å². The fraction of sp³-hybridized carbons (Fsp3) is 0.300. The number of hydrogen-bond acceptors (Lipinski definition) is 4. The Morgan fingerprint density at radius 1 is 1.71 bits per heavy atom. The first kappa shape index (κ1) is 10.5. The SMILES string of the molecule is C=C(NC)N(Cc1cccnc1)OC. The summed E-state index contributed by atoms with van der Waals surface area (Å²) < 4.78 is 0. The van der Waals surface area contributed by atoms with Gasteiger partial charge in [-0.1, -0.05) is 12.6 Å². The predicted molar refractivity (Wildman–Crippen MR) is 55.0 cm³/mol. The van der Waals surface area contributed by atoms with Gasteiger partial charge in [-0.3, -0.25) is 9.82 Å². The molecule has 1 heterocycles. The summed E-state index contributed by atoms with van der Waals surface area (Å²) in [6.07, 6.45) is 3.54. The van der Waals surface area contributed by atoms with Crippen LogP contribution in [-0.2, 0) is 11.4 Å². The summed E-state index contributed by atoms with van der Waals surface area (Å²) in [6, 6.07) is 3.88. The van der Waals surface area contributed by atoms with Crippen molar-refractivity contribution < 1.29 is 4.84 Å². The third-order valence-corrected chi connectivity index (χ3v) is 1.86. The number of nitrogens with one attached hydrogen (secondary N) is 1. The molecule has 0 aliphatic carbocycles. The molecule has 0 saturated heterocycles. The average Bonchev–Trinajstić information content (AvgIpc) is 2.26. The number of rotatable bonds is 5. The summed E-state index contributed by atoms with van der Waals surface area (Å²) in [6.45, 7) is 4.44. The summed E-state index contributed by atoms with van der Waals surface area (Å²) >= 11 is 0. The van der Waals surface area contributed by atoms with Crippen molar-refractivity contribution in [1.29, 1.82) is 0 Å². The molecule has 0 aromatic carbocycles. The predicted octanol–water partition coefficient (Wildman–Crippen LogP) is 1.14. The zero-order valence-electron chi connectivity index (χ0n) is 8.53. The molecule has 4 nitrogen and oxygen atoms in total. The van der Waals surface area contributed by atoms with E-state index in [-0.39, 0.29) is 0 Å². The second-order valence-corrected chi connectivity index (χ2v) is 2.78. The highest BCUT2D eigenvalue weighted by molar-refractivity contribution is 5.08. The minimum absolute atomic E-state index is 0.629. The molecule has 76 valence electrons. The Morgan fingerprint density at radius 2 is 2.50 bits per heavy atom. The lowest BCUT2D eigenvalue weighted by Crippen LogP contribution is -2.27. The second-order valence-electron chi connectivity index (χ2n) is 2.78. The van der Waals surface area contributed by atoms with Crippen LogP contribution in [0.15, 0.2) is 36.9 Å². The van der Waals surface area contributed by atoms with Crippen molar-refractivity contribution in [3.63, 3.8) is 0 Å². The standard InChI is InChI=1S/C10H15N3O/c1-9(11-2)13(14-3)8-10-5-4-6-12-7-10/h4-7,11H,1,8H2,2-3H3. The first-order chi connectivity index (χ1) is 6.77. The molecule has 0 saturated carbocycles. The molecule has 1 N–H and O–H groups in total. The van der Waals surface area contributed by atoms with Gasteiger partial charge >= 0.3 is 0 Å². The van der Waals surface area contributed by atoms with E-state index in [0.717, 1.165) is 11.4 Å². The molecule has 0 aliphatic heterocycles. The van der Waals surface area contributed by atoms with Gasteiger partial charge in [-0.2, -0.15) is 0 Å². The van der Waals surface area contributed by atoms with Crippen LogP contribution in [0, 0.1) is 0 Å². The Hall–Kier alpha value is -1.55. The minimum Gasteiger partial charge on any atom is -0.374 e. The van der Waals surface area contributed by atoms with Gasteiger partial charge in [-0.05, 0) is 11.6 Å². The van der Waals surface area contributed by atoms with Gasteiger partial charge in [0, 0.05) is 19.4 Å². The third kappa shape index (κ3) is 2.74. The maximum atomic E-state index is 5.15. The molecule has 1 aromatic rings. The highest BCUT2D eigenvalue weighted by Crippen LogP contribution is 2.06. The van der Waals surface area contributed by atoms with E-state index in [0.29, 0.717) is 6.54 Å². The molecular weight excluding hydrogens is 178 g/mol. The van der Waals surface area contributed by atoms with E-state index in [9.17, 15) is 0 Å². The van der Waals surface area contributed by atoms with Crippen molar-refractivity contribution in [3.05, 3.63) is 42.5 Å². The van der Waals surface area contributed by atoms with Crippen molar-refractivity contribution in [3.8, 4) is 0 Å². The van der Waals surface area contributed by atoms with Crippen molar-refractivity contribution in [2.45, 2.75) is 6.54 Å². The molecule has 1 aromatic heterocycles. The fourth-order valence-electron chi connectivity index (χ4n) is 1.05. The van der Waals surface area contributed by atoms with Gasteiger partial charge in [0.2, 0.25) is 0 Å². The van der Waals surface area contributed by atoms with E-state index in [2.05, 4.69) is 16.9 Å². The van der Waals surface area contributed by atoms with Crippen LogP contribution in [0.3, 0.4) is 0 Å². The lowest BCUT2D eigenvalue weighted by atomic mass is 10.3. The van der Waals surface area contributed by atoms with Crippen LogP contribution < -0.4 is 5.32 Å². The van der Waals surface area contributed by atoms with E-state index >= 15 is 0 Å². The molecule has 0 fully saturated rings. The van der Waals surface area contributed by atoms with Crippen molar-refractivity contribution >= 4 is 0 Å². The van der Waals surface area contributed by atoms with Crippen LogP contribution in [0.5, 0.6) is 0 Å². The van der Waals surface area contributed by atoms with Crippen LogP contribution in [0.1, 0.15) is 5.56 Å². The van der Waals surface area contributed by atoms with Gasteiger partial charge in [-0.15, -0.1) is 0 Å². The largest absolute Gasteiger partial charge is 0.374 e. The summed E-state index contributed by atoms with van der Waals surface area (Å²) in [5.74, 6) is 0.719. The fourth-order valence-corrected chi connectivity index (χ4v) is 1.05. The van der Waals surface area contributed by atoms with E-state index in [1.807, 2.05) is 12.1 Å². The van der Waals surface area contributed by atoms with Crippen LogP contribution in [0.25, 0.3) is 0 Å². The molecule has 0 unspecified atom stereocenters. The smallest absolute Gasteiger partial charge is 0.119 e. The first-order valence-electron chi connectivity index (χ1n) is 4.35. The van der Waals surface area contributed by atoms with Crippen molar-refractivity contribution in [1.82, 2.24) is 15.4 Å². The summed E-state index contributed by atoms with van der Waals surface area (Å²) in [5, 5.41) is 4.59. The Balaban J connectivity index is 2.62. The molecule has 1 rings (SSSR count). The third-order valence-electron chi connectivity index (χ3n) is 1.86. The number of aromatic nitrogens is 1. The Kier molecular flexibility index (Phi) is 3.94. The van der Waals surface area contributed by atoms with Gasteiger partial charge < -0.3 is 5.32 Å². The molecule has 0 bridgehead atoms. The molecule has 0 amide bonds. The summed E-state index contributed by atoms with van der Waals surface area (Å²) in [4.78, 5) is 9.18. The second kappa shape index (κ2) is 5.24. The number of hydrogen-bond donors (Lipinski definition) is 1. The molecule has 0 spiro atoms. The number of hydroxylamine groups is 2. The lowest BCUT2D eigenvalue weighted by Gasteiger charge is -2.23. The first-order valence-corrected chi connectivity index (χ1v) is 4.35. The van der Waals surface area contributed by atoms with Crippen LogP contribution >= 0.6 is 0 Å². The quantitative estimate of drug-likeness (QED) is 0.711. The Labute approximate surface area is 84.2 Å². The van der Waals surface area contributed by atoms with Crippen LogP contribution in [-0.4, -0.2) is 24.2 Å². The molecule has 14 heavy (non-hydrogen) atoms. The zero-order chi connectivity index (χ0) is 10.4. The summed E-state index contributed by atoms with van der Waals surface area (Å²) in [5.41, 5.74) is 1.07. The Morgan fingerprint density at radius 3 is 3.00 bits per heavy atom. The minimum atomic E-state index is 0.629. The maximum Gasteiger partial charge on any atom is 0.119 e. The van der Waals surface area contributed by atoms with Crippen molar-refractivity contribution in [2.75, 3.05) is 14.2 Å². The molecule has 0 radical (unpaired) electrons. The lowest BCUT2D eigenvalue weighted by molar-refractivity contribution is -0.112. The number of pyridine rings is 1. The van der Waals surface area contributed by atoms with E-state index in [4.69, 9.17) is 4.84 Å². The average molecular weight is 193 g/mol. The van der Waals surface area contributed by atoms with Crippen molar-refractivity contribution in [2.24, 2.45) is 0 Å². The number of nitrogens with zero attached hydrogens (tertiary/aromatic N) is 2. The topological polar surface area (TPSA) is 37.4 Å². The highest BCUT2D eigenvalue weighted by atomic mass is 16.7. The van der Waals surface area contributed by atoms with Crippen LogP contribution in [0.4, 0.5) is 0 Å². The Bertz CT molecular complexity index is 287. The van der Waals surface area contributed by atoms with Gasteiger partial charge in [0.05, 0.1) is 13.7 Å². The zero-order valence-corrected chi connectivity index (χ0v) is 8.53. The van der Waals surface area contributed by atoms with Gasteiger partial charge in [0.15, 0.2) is 0 Å². The highest BCUT2D eigenvalue weighted by Gasteiger charge is 2.05. The molecular formula is C10H15N3O. The summed E-state index contributed by atoms with van der Waals surface area (Å²) in [7, 11) is 3.41. The molecule has 4 heteroatoms. The van der Waals surface area contributed by atoms with Crippen LogP contribution in [0.2, 0.25) is 0 Å². The normalized spacial score (nSPS) is 9.57. The molecule has 0 atom stereocenters. The van der Waals surface area contributed by atoms with Gasteiger partial charge in [0.25, 0.3) is 0 Å². The monoisotopic (exact) mass is 193 g/mol. The van der Waals surface area contributed by atoms with E-state index < -0.39 is 0 Å². The van der Waals surface area contributed by atoms with E-state index in [1.165, 1.54) is 0 Å².